The number of hydrogen-bond donors (Lipinski definition) is 2. The van der Waals surface area contributed by atoms with Crippen LogP contribution in [-0.2, 0) is 4.74 Å². The number of ether oxygens (including phenoxy) is 1. The second-order valence-corrected chi connectivity index (χ2v) is 7.72. The quantitative estimate of drug-likeness (QED) is 0.683. The molecule has 2 rings (SSSR count). The highest BCUT2D eigenvalue weighted by atomic mass is 16.5. The van der Waals surface area contributed by atoms with Gasteiger partial charge in [0, 0.05) is 51.7 Å². The summed E-state index contributed by atoms with van der Waals surface area (Å²) in [6.45, 7) is 8.94. The Bertz CT molecular complexity index is 314. The van der Waals surface area contributed by atoms with Crippen molar-refractivity contribution in [3.63, 3.8) is 0 Å². The van der Waals surface area contributed by atoms with Crippen LogP contribution in [0.25, 0.3) is 0 Å². The summed E-state index contributed by atoms with van der Waals surface area (Å²) in [5.41, 5.74) is -0.252. The van der Waals surface area contributed by atoms with E-state index in [0.29, 0.717) is 18.6 Å². The molecule has 0 radical (unpaired) electrons. The summed E-state index contributed by atoms with van der Waals surface area (Å²) in [7, 11) is 2.15. The smallest absolute Gasteiger partial charge is 0.0817 e. The first-order chi connectivity index (χ1) is 9.95. The van der Waals surface area contributed by atoms with E-state index in [0.717, 1.165) is 38.5 Å². The Morgan fingerprint density at radius 3 is 2.57 bits per heavy atom. The van der Waals surface area contributed by atoms with Crippen LogP contribution in [0.3, 0.4) is 0 Å². The molecule has 2 aliphatic rings. The van der Waals surface area contributed by atoms with E-state index in [9.17, 15) is 5.11 Å². The van der Waals surface area contributed by atoms with Gasteiger partial charge in [0.05, 0.1) is 5.60 Å². The third-order valence-corrected chi connectivity index (χ3v) is 4.89. The van der Waals surface area contributed by atoms with Gasteiger partial charge in [-0.15, -0.1) is 0 Å². The van der Waals surface area contributed by atoms with E-state index in [1.165, 1.54) is 25.7 Å². The van der Waals surface area contributed by atoms with Gasteiger partial charge < -0.3 is 20.1 Å². The van der Waals surface area contributed by atoms with E-state index in [2.05, 4.69) is 31.1 Å². The fourth-order valence-corrected chi connectivity index (χ4v) is 3.62. The van der Waals surface area contributed by atoms with Gasteiger partial charge in [-0.2, -0.15) is 0 Å². The van der Waals surface area contributed by atoms with Crippen molar-refractivity contribution in [3.8, 4) is 0 Å². The van der Waals surface area contributed by atoms with E-state index in [1.807, 2.05) is 0 Å². The maximum Gasteiger partial charge on any atom is 0.0817 e. The van der Waals surface area contributed by atoms with Gasteiger partial charge in [0.25, 0.3) is 0 Å². The van der Waals surface area contributed by atoms with Crippen molar-refractivity contribution >= 4 is 0 Å². The molecule has 124 valence electrons. The lowest BCUT2D eigenvalue weighted by Crippen LogP contribution is -2.49. The molecule has 1 aliphatic carbocycles. The third kappa shape index (κ3) is 5.85. The number of hydrogen-bond acceptors (Lipinski definition) is 4. The molecular weight excluding hydrogens is 264 g/mol. The SMILES string of the molecule is CCCC(C)(CNC1CC1)CN(C)CC1(O)CCOCC1. The van der Waals surface area contributed by atoms with E-state index < -0.39 is 5.60 Å². The summed E-state index contributed by atoms with van der Waals surface area (Å²) in [4.78, 5) is 2.33. The summed E-state index contributed by atoms with van der Waals surface area (Å²) in [5.74, 6) is 0. The minimum Gasteiger partial charge on any atom is -0.388 e. The van der Waals surface area contributed by atoms with Crippen LogP contribution in [0.1, 0.15) is 52.4 Å². The minimum absolute atomic E-state index is 0.299. The highest BCUT2D eigenvalue weighted by molar-refractivity contribution is 4.89. The first-order valence-corrected chi connectivity index (χ1v) is 8.67. The molecular formula is C17H34N2O2. The molecule has 4 heteroatoms. The number of aliphatic hydroxyl groups is 1. The average molecular weight is 298 g/mol. The first kappa shape index (κ1) is 17.2. The van der Waals surface area contributed by atoms with Crippen molar-refractivity contribution in [2.45, 2.75) is 64.0 Å². The molecule has 0 bridgehead atoms. The largest absolute Gasteiger partial charge is 0.388 e. The highest BCUT2D eigenvalue weighted by Crippen LogP contribution is 2.28. The van der Waals surface area contributed by atoms with Crippen molar-refractivity contribution in [3.05, 3.63) is 0 Å². The topological polar surface area (TPSA) is 44.7 Å². The Morgan fingerprint density at radius 1 is 1.33 bits per heavy atom. The van der Waals surface area contributed by atoms with Gasteiger partial charge in [-0.1, -0.05) is 20.3 Å². The molecule has 0 amide bonds. The Labute approximate surface area is 130 Å². The Morgan fingerprint density at radius 2 is 2.00 bits per heavy atom. The molecule has 1 unspecified atom stereocenters. The maximum absolute atomic E-state index is 10.7. The van der Waals surface area contributed by atoms with Gasteiger partial charge in [-0.3, -0.25) is 0 Å². The Balaban J connectivity index is 1.82. The normalized spacial score (nSPS) is 25.0. The van der Waals surface area contributed by atoms with Gasteiger partial charge in [0.2, 0.25) is 0 Å². The van der Waals surface area contributed by atoms with Gasteiger partial charge in [0.15, 0.2) is 0 Å². The van der Waals surface area contributed by atoms with Crippen LogP contribution >= 0.6 is 0 Å². The molecule has 1 aliphatic heterocycles. The maximum atomic E-state index is 10.7. The van der Waals surface area contributed by atoms with Crippen molar-refractivity contribution < 1.29 is 9.84 Å². The monoisotopic (exact) mass is 298 g/mol. The third-order valence-electron chi connectivity index (χ3n) is 4.89. The molecule has 1 heterocycles. The number of rotatable bonds is 9. The van der Waals surface area contributed by atoms with E-state index in [-0.39, 0.29) is 0 Å². The lowest BCUT2D eigenvalue weighted by Gasteiger charge is -2.39. The molecule has 1 saturated carbocycles. The van der Waals surface area contributed by atoms with E-state index in [4.69, 9.17) is 4.74 Å². The fraction of sp³-hybridized carbons (Fsp3) is 1.00. The Kier molecular flexibility index (Phi) is 6.06. The lowest BCUT2D eigenvalue weighted by atomic mass is 9.84. The van der Waals surface area contributed by atoms with Crippen LogP contribution in [0.4, 0.5) is 0 Å². The van der Waals surface area contributed by atoms with Crippen LogP contribution in [-0.4, -0.2) is 61.5 Å². The van der Waals surface area contributed by atoms with Crippen LogP contribution in [0, 0.1) is 5.41 Å². The fourth-order valence-electron chi connectivity index (χ4n) is 3.62. The molecule has 2 fully saturated rings. The van der Waals surface area contributed by atoms with Crippen molar-refractivity contribution in [1.82, 2.24) is 10.2 Å². The molecule has 0 aromatic heterocycles. The van der Waals surface area contributed by atoms with E-state index >= 15 is 0 Å². The molecule has 0 aromatic carbocycles. The second-order valence-electron chi connectivity index (χ2n) is 7.72. The summed E-state index contributed by atoms with van der Waals surface area (Å²) >= 11 is 0. The van der Waals surface area contributed by atoms with Gasteiger partial charge in [0.1, 0.15) is 0 Å². The molecule has 0 spiro atoms. The minimum atomic E-state index is -0.552. The molecule has 4 nitrogen and oxygen atoms in total. The zero-order valence-electron chi connectivity index (χ0n) is 14.2. The van der Waals surface area contributed by atoms with Gasteiger partial charge in [-0.05, 0) is 31.7 Å². The highest BCUT2D eigenvalue weighted by Gasteiger charge is 2.34. The molecule has 0 aromatic rings. The molecule has 1 saturated heterocycles. The average Bonchev–Trinajstić information content (AvgIpc) is 3.20. The molecule has 1 atom stereocenters. The summed E-state index contributed by atoms with van der Waals surface area (Å²) in [6, 6.07) is 0.770. The predicted octanol–water partition coefficient (Wildman–Crippen LogP) is 2.02. The van der Waals surface area contributed by atoms with Crippen molar-refractivity contribution in [1.29, 1.82) is 0 Å². The molecule has 21 heavy (non-hydrogen) atoms. The number of nitrogens with one attached hydrogen (secondary N) is 1. The van der Waals surface area contributed by atoms with Crippen LogP contribution < -0.4 is 5.32 Å². The number of likely N-dealkylation sites (N-methyl/N-ethyl adjacent to an activating group) is 1. The standard InChI is InChI=1S/C17H34N2O2/c1-4-7-16(2,12-18-15-5-6-15)13-19(3)14-17(20)8-10-21-11-9-17/h15,18,20H,4-14H2,1-3H3. The van der Waals surface area contributed by atoms with Crippen LogP contribution in [0.2, 0.25) is 0 Å². The van der Waals surface area contributed by atoms with Crippen molar-refractivity contribution in [2.24, 2.45) is 5.41 Å². The van der Waals surface area contributed by atoms with Crippen LogP contribution in [0.15, 0.2) is 0 Å². The summed E-state index contributed by atoms with van der Waals surface area (Å²) < 4.78 is 5.37. The number of nitrogens with zero attached hydrogens (tertiary/aromatic N) is 1. The molecule has 2 N–H and O–H groups in total. The zero-order valence-corrected chi connectivity index (χ0v) is 14.2. The Hall–Kier alpha value is -0.160. The lowest BCUT2D eigenvalue weighted by molar-refractivity contribution is -0.0801. The van der Waals surface area contributed by atoms with Crippen molar-refractivity contribution in [2.75, 3.05) is 39.9 Å². The van der Waals surface area contributed by atoms with E-state index in [1.54, 1.807) is 0 Å². The first-order valence-electron chi connectivity index (χ1n) is 8.67. The second kappa shape index (κ2) is 7.40. The predicted molar refractivity (Wildman–Crippen MR) is 86.5 cm³/mol. The summed E-state index contributed by atoms with van der Waals surface area (Å²) in [5, 5.41) is 14.4. The summed E-state index contributed by atoms with van der Waals surface area (Å²) in [6.07, 6.45) is 6.67. The van der Waals surface area contributed by atoms with Gasteiger partial charge >= 0.3 is 0 Å². The zero-order chi connectivity index (χ0) is 15.3. The van der Waals surface area contributed by atoms with Crippen LogP contribution in [0.5, 0.6) is 0 Å². The van der Waals surface area contributed by atoms with Gasteiger partial charge in [-0.25, -0.2) is 0 Å².